The number of amides is 1. The number of carbonyl (C=O) groups excluding carboxylic acids is 1. The number of likely N-dealkylation sites (tertiary alicyclic amines) is 1. The molecule has 5 heteroatoms. The van der Waals surface area contributed by atoms with Crippen molar-refractivity contribution in [2.45, 2.75) is 57.4 Å². The van der Waals surface area contributed by atoms with Gasteiger partial charge in [-0.05, 0) is 37.3 Å². The zero-order chi connectivity index (χ0) is 16.2. The van der Waals surface area contributed by atoms with Gasteiger partial charge in [0.25, 0.3) is 5.91 Å². The molecule has 1 atom stereocenters. The number of aromatic nitrogens is 1. The third-order valence-electron chi connectivity index (χ3n) is 5.16. The third kappa shape index (κ3) is 3.71. The van der Waals surface area contributed by atoms with Crippen molar-refractivity contribution in [2.75, 3.05) is 6.54 Å². The van der Waals surface area contributed by atoms with Gasteiger partial charge in [0.2, 0.25) is 0 Å². The fraction of sp³-hybridized carbons (Fsp3) is 0.611. The largest absolute Gasteiger partial charge is 0.477 e. The summed E-state index contributed by atoms with van der Waals surface area (Å²) in [6.07, 6.45) is 9.71. The molecule has 1 aromatic rings. The minimum absolute atomic E-state index is 0.0705. The second kappa shape index (κ2) is 7.11. The monoisotopic (exact) mass is 316 g/mol. The van der Waals surface area contributed by atoms with Crippen LogP contribution in [0.4, 0.5) is 0 Å². The molecular formula is C18H24N2O3. The average molecular weight is 316 g/mol. The molecule has 2 aliphatic rings. The Morgan fingerprint density at radius 1 is 1.09 bits per heavy atom. The highest BCUT2D eigenvalue weighted by atomic mass is 16.4. The maximum absolute atomic E-state index is 12.7. The zero-order valence-electron chi connectivity index (χ0n) is 13.4. The molecule has 1 saturated heterocycles. The zero-order valence-corrected chi connectivity index (χ0v) is 13.4. The maximum Gasteiger partial charge on any atom is 0.354 e. The van der Waals surface area contributed by atoms with Gasteiger partial charge in [-0.2, -0.15) is 0 Å². The number of carboxylic acids is 1. The molecule has 5 nitrogen and oxygen atoms in total. The predicted molar refractivity (Wildman–Crippen MR) is 86.4 cm³/mol. The van der Waals surface area contributed by atoms with Crippen molar-refractivity contribution >= 4 is 11.9 Å². The molecule has 0 bridgehead atoms. The molecule has 1 aliphatic carbocycles. The van der Waals surface area contributed by atoms with Gasteiger partial charge in [0.05, 0.1) is 0 Å². The van der Waals surface area contributed by atoms with Crippen LogP contribution in [-0.4, -0.2) is 39.5 Å². The number of carbonyl (C=O) groups is 2. The molecule has 3 rings (SSSR count). The molecule has 0 aromatic carbocycles. The van der Waals surface area contributed by atoms with Crippen LogP contribution in [0.15, 0.2) is 18.2 Å². The molecule has 1 amide bonds. The van der Waals surface area contributed by atoms with E-state index in [1.54, 1.807) is 12.1 Å². The molecule has 1 aliphatic heterocycles. The highest BCUT2D eigenvalue weighted by molar-refractivity contribution is 5.94. The highest BCUT2D eigenvalue weighted by Gasteiger charge is 2.32. The van der Waals surface area contributed by atoms with Crippen molar-refractivity contribution in [3.05, 3.63) is 29.6 Å². The van der Waals surface area contributed by atoms with Crippen LogP contribution in [-0.2, 0) is 0 Å². The van der Waals surface area contributed by atoms with Gasteiger partial charge < -0.3 is 10.0 Å². The van der Waals surface area contributed by atoms with Crippen LogP contribution in [0.2, 0.25) is 0 Å². The van der Waals surface area contributed by atoms with Crippen LogP contribution in [0, 0.1) is 5.92 Å². The number of nitrogens with zero attached hydrogens (tertiary/aromatic N) is 2. The van der Waals surface area contributed by atoms with Gasteiger partial charge in [0.15, 0.2) is 0 Å². The van der Waals surface area contributed by atoms with Gasteiger partial charge in [-0.15, -0.1) is 0 Å². The molecule has 2 heterocycles. The summed E-state index contributed by atoms with van der Waals surface area (Å²) in [6, 6.07) is 4.92. The van der Waals surface area contributed by atoms with E-state index < -0.39 is 5.97 Å². The first-order valence-corrected chi connectivity index (χ1v) is 8.66. The Kier molecular flexibility index (Phi) is 4.94. The fourth-order valence-corrected chi connectivity index (χ4v) is 3.98. The van der Waals surface area contributed by atoms with E-state index in [9.17, 15) is 9.59 Å². The fourth-order valence-electron chi connectivity index (χ4n) is 3.98. The van der Waals surface area contributed by atoms with E-state index >= 15 is 0 Å². The van der Waals surface area contributed by atoms with E-state index in [0.717, 1.165) is 31.7 Å². The molecule has 1 saturated carbocycles. The van der Waals surface area contributed by atoms with E-state index in [-0.39, 0.29) is 17.3 Å². The van der Waals surface area contributed by atoms with Crippen LogP contribution in [0.1, 0.15) is 72.3 Å². The summed E-state index contributed by atoms with van der Waals surface area (Å²) in [4.78, 5) is 29.7. The van der Waals surface area contributed by atoms with Crippen LogP contribution in [0.3, 0.4) is 0 Å². The van der Waals surface area contributed by atoms with Crippen LogP contribution >= 0.6 is 0 Å². The van der Waals surface area contributed by atoms with Gasteiger partial charge in [0.1, 0.15) is 11.4 Å². The summed E-state index contributed by atoms with van der Waals surface area (Å²) >= 11 is 0. The first-order valence-electron chi connectivity index (χ1n) is 8.66. The first-order chi connectivity index (χ1) is 11.1. The third-order valence-corrected chi connectivity index (χ3v) is 5.16. The SMILES string of the molecule is O=C(O)c1cccc(C(=O)N2CCCC2CC2CCCCC2)n1. The highest BCUT2D eigenvalue weighted by Crippen LogP contribution is 2.32. The summed E-state index contributed by atoms with van der Waals surface area (Å²) in [6.45, 7) is 0.759. The van der Waals surface area contributed by atoms with Crippen LogP contribution in [0.5, 0.6) is 0 Å². The Hall–Kier alpha value is -1.91. The molecule has 1 aromatic heterocycles. The van der Waals surface area contributed by atoms with Crippen molar-refractivity contribution in [3.63, 3.8) is 0 Å². The van der Waals surface area contributed by atoms with Gasteiger partial charge >= 0.3 is 5.97 Å². The van der Waals surface area contributed by atoms with Crippen molar-refractivity contribution in [1.29, 1.82) is 0 Å². The Morgan fingerprint density at radius 3 is 2.57 bits per heavy atom. The first kappa shape index (κ1) is 16.0. The molecule has 1 N–H and O–H groups in total. The lowest BCUT2D eigenvalue weighted by molar-refractivity contribution is 0.0688. The van der Waals surface area contributed by atoms with Gasteiger partial charge in [-0.3, -0.25) is 4.79 Å². The quantitative estimate of drug-likeness (QED) is 0.924. The normalized spacial score (nSPS) is 22.3. The smallest absolute Gasteiger partial charge is 0.354 e. The van der Waals surface area contributed by atoms with Crippen molar-refractivity contribution in [1.82, 2.24) is 9.88 Å². The number of rotatable bonds is 4. The summed E-state index contributed by atoms with van der Waals surface area (Å²) in [5.74, 6) is -0.480. The number of carboxylic acid groups (broad SMARTS) is 1. The second-order valence-corrected chi connectivity index (χ2v) is 6.75. The van der Waals surface area contributed by atoms with Crippen molar-refractivity contribution < 1.29 is 14.7 Å². The summed E-state index contributed by atoms with van der Waals surface area (Å²) < 4.78 is 0. The topological polar surface area (TPSA) is 70.5 Å². The number of hydrogen-bond acceptors (Lipinski definition) is 3. The van der Waals surface area contributed by atoms with Gasteiger partial charge in [-0.25, -0.2) is 9.78 Å². The Labute approximate surface area is 136 Å². The Bertz CT molecular complexity index is 581. The Balaban J connectivity index is 1.70. The van der Waals surface area contributed by atoms with Crippen LogP contribution < -0.4 is 0 Å². The van der Waals surface area contributed by atoms with Gasteiger partial charge in [0, 0.05) is 12.6 Å². The lowest BCUT2D eigenvalue weighted by atomic mass is 9.84. The van der Waals surface area contributed by atoms with Gasteiger partial charge in [-0.1, -0.05) is 38.2 Å². The second-order valence-electron chi connectivity index (χ2n) is 6.75. The van der Waals surface area contributed by atoms with E-state index in [2.05, 4.69) is 4.98 Å². The minimum Gasteiger partial charge on any atom is -0.477 e. The van der Waals surface area contributed by atoms with Crippen LogP contribution in [0.25, 0.3) is 0 Å². The number of hydrogen-bond donors (Lipinski definition) is 1. The maximum atomic E-state index is 12.7. The predicted octanol–water partition coefficient (Wildman–Crippen LogP) is 3.35. The molecule has 2 fully saturated rings. The lowest BCUT2D eigenvalue weighted by Gasteiger charge is -2.30. The van der Waals surface area contributed by atoms with E-state index in [1.165, 1.54) is 38.2 Å². The molecule has 0 radical (unpaired) electrons. The Morgan fingerprint density at radius 2 is 1.83 bits per heavy atom. The lowest BCUT2D eigenvalue weighted by Crippen LogP contribution is -2.37. The average Bonchev–Trinajstić information content (AvgIpc) is 3.03. The van der Waals surface area contributed by atoms with E-state index in [0.29, 0.717) is 6.04 Å². The summed E-state index contributed by atoms with van der Waals surface area (Å²) in [5.41, 5.74) is 0.180. The minimum atomic E-state index is -1.10. The van der Waals surface area contributed by atoms with E-state index in [1.807, 2.05) is 4.90 Å². The summed E-state index contributed by atoms with van der Waals surface area (Å²) in [7, 11) is 0. The molecule has 0 spiro atoms. The molecule has 1 unspecified atom stereocenters. The number of aromatic carboxylic acids is 1. The van der Waals surface area contributed by atoms with Crippen molar-refractivity contribution in [3.8, 4) is 0 Å². The van der Waals surface area contributed by atoms with Crippen molar-refractivity contribution in [2.24, 2.45) is 5.92 Å². The summed E-state index contributed by atoms with van der Waals surface area (Å²) in [5, 5.41) is 9.04. The number of pyridine rings is 1. The molecule has 124 valence electrons. The standard InChI is InChI=1S/C18H24N2O3/c21-17(15-9-4-10-16(19-15)18(22)23)20-11-5-8-14(20)12-13-6-2-1-3-7-13/h4,9-10,13-14H,1-3,5-8,11-12H2,(H,22,23). The molecule has 23 heavy (non-hydrogen) atoms. The molecular weight excluding hydrogens is 292 g/mol. The van der Waals surface area contributed by atoms with E-state index in [4.69, 9.17) is 5.11 Å².